The van der Waals surface area contributed by atoms with Gasteiger partial charge in [-0.2, -0.15) is 0 Å². The van der Waals surface area contributed by atoms with Crippen molar-refractivity contribution in [3.05, 3.63) is 36.0 Å². The fourth-order valence-corrected chi connectivity index (χ4v) is 4.51. The van der Waals surface area contributed by atoms with E-state index in [2.05, 4.69) is 42.1 Å². The maximum absolute atomic E-state index is 5.40. The van der Waals surface area contributed by atoms with Crippen LogP contribution in [0.5, 0.6) is 0 Å². The number of hydrogen-bond acceptors (Lipinski definition) is 4. The summed E-state index contributed by atoms with van der Waals surface area (Å²) in [5, 5.41) is 3.87. The van der Waals surface area contributed by atoms with E-state index in [1.807, 2.05) is 17.8 Å². The number of thioether (sulfide) groups is 1. The van der Waals surface area contributed by atoms with Gasteiger partial charge in [-0.1, -0.05) is 31.1 Å². The minimum absolute atomic E-state index is 0.626. The fourth-order valence-electron chi connectivity index (χ4n) is 3.26. The average Bonchev–Trinajstić information content (AvgIpc) is 3.08. The lowest BCUT2D eigenvalue weighted by molar-refractivity contribution is 0.209. The van der Waals surface area contributed by atoms with E-state index in [1.165, 1.54) is 47.7 Å². The Morgan fingerprint density at radius 2 is 2.05 bits per heavy atom. The molecular weight excluding hydrogens is 292 g/mol. The summed E-state index contributed by atoms with van der Waals surface area (Å²) in [5.74, 6) is 2.07. The molecule has 22 heavy (non-hydrogen) atoms. The summed E-state index contributed by atoms with van der Waals surface area (Å²) in [4.78, 5) is 4.06. The standard InChI is InChI=1S/C18H24N2OS/c1-3-10-20(11-4-2)14-12-16-15(17-8-9-19-21-17)6-5-7-18(16)22-13-14/h5-9,14H,3-4,10-13H2,1-2H3. The predicted octanol–water partition coefficient (Wildman–Crippen LogP) is 4.48. The van der Waals surface area contributed by atoms with Gasteiger partial charge in [0.15, 0.2) is 5.76 Å². The van der Waals surface area contributed by atoms with E-state index in [0.29, 0.717) is 6.04 Å². The second-order valence-corrected chi connectivity index (χ2v) is 6.93. The normalized spacial score (nSPS) is 17.7. The minimum Gasteiger partial charge on any atom is -0.356 e. The van der Waals surface area contributed by atoms with Crippen molar-refractivity contribution in [3.63, 3.8) is 0 Å². The van der Waals surface area contributed by atoms with Crippen molar-refractivity contribution in [3.8, 4) is 11.3 Å². The van der Waals surface area contributed by atoms with Gasteiger partial charge >= 0.3 is 0 Å². The summed E-state index contributed by atoms with van der Waals surface area (Å²) in [5.41, 5.74) is 2.64. The zero-order chi connectivity index (χ0) is 15.4. The van der Waals surface area contributed by atoms with Crippen LogP contribution in [0.3, 0.4) is 0 Å². The molecule has 1 aliphatic heterocycles. The third-order valence-electron chi connectivity index (χ3n) is 4.25. The van der Waals surface area contributed by atoms with E-state index >= 15 is 0 Å². The van der Waals surface area contributed by atoms with Gasteiger partial charge < -0.3 is 4.52 Å². The Kier molecular flexibility index (Phi) is 5.21. The molecule has 0 saturated carbocycles. The van der Waals surface area contributed by atoms with Crippen molar-refractivity contribution in [1.29, 1.82) is 0 Å². The highest BCUT2D eigenvalue weighted by Crippen LogP contribution is 2.38. The Morgan fingerprint density at radius 1 is 1.23 bits per heavy atom. The summed E-state index contributed by atoms with van der Waals surface area (Å²) in [6, 6.07) is 9.10. The Hall–Kier alpha value is -1.26. The molecule has 0 fully saturated rings. The van der Waals surface area contributed by atoms with Crippen LogP contribution in [0.2, 0.25) is 0 Å². The molecule has 1 aliphatic rings. The van der Waals surface area contributed by atoms with Crippen LogP contribution in [0.25, 0.3) is 11.3 Å². The van der Waals surface area contributed by atoms with Gasteiger partial charge in [-0.25, -0.2) is 0 Å². The first kappa shape index (κ1) is 15.6. The minimum atomic E-state index is 0.626. The summed E-state index contributed by atoms with van der Waals surface area (Å²) in [6.45, 7) is 6.93. The van der Waals surface area contributed by atoms with Gasteiger partial charge in [0.2, 0.25) is 0 Å². The van der Waals surface area contributed by atoms with Crippen molar-refractivity contribution in [1.82, 2.24) is 10.1 Å². The monoisotopic (exact) mass is 316 g/mol. The molecule has 2 aromatic rings. The molecule has 118 valence electrons. The smallest absolute Gasteiger partial charge is 0.167 e. The van der Waals surface area contributed by atoms with E-state index in [-0.39, 0.29) is 0 Å². The molecule has 0 aliphatic carbocycles. The van der Waals surface area contributed by atoms with Gasteiger partial charge in [0.25, 0.3) is 0 Å². The van der Waals surface area contributed by atoms with Gasteiger partial charge in [-0.3, -0.25) is 4.90 Å². The molecule has 1 unspecified atom stereocenters. The third kappa shape index (κ3) is 3.23. The highest BCUT2D eigenvalue weighted by atomic mass is 32.2. The molecule has 0 saturated heterocycles. The van der Waals surface area contributed by atoms with E-state index in [1.54, 1.807) is 6.20 Å². The summed E-state index contributed by atoms with van der Waals surface area (Å²) >= 11 is 1.98. The molecule has 1 atom stereocenters. The molecule has 0 radical (unpaired) electrons. The predicted molar refractivity (Wildman–Crippen MR) is 92.3 cm³/mol. The molecule has 1 aromatic heterocycles. The lowest BCUT2D eigenvalue weighted by Gasteiger charge is -2.35. The van der Waals surface area contributed by atoms with Crippen molar-refractivity contribution < 1.29 is 4.52 Å². The first-order valence-electron chi connectivity index (χ1n) is 8.23. The van der Waals surface area contributed by atoms with Crippen LogP contribution in [0.1, 0.15) is 32.3 Å². The fraction of sp³-hybridized carbons (Fsp3) is 0.500. The summed E-state index contributed by atoms with van der Waals surface area (Å²) in [7, 11) is 0. The third-order valence-corrected chi connectivity index (χ3v) is 5.49. The van der Waals surface area contributed by atoms with Gasteiger partial charge in [-0.05, 0) is 44.0 Å². The zero-order valence-electron chi connectivity index (χ0n) is 13.4. The number of nitrogens with zero attached hydrogens (tertiary/aromatic N) is 2. The maximum atomic E-state index is 5.40. The quantitative estimate of drug-likeness (QED) is 0.786. The molecule has 1 aromatic carbocycles. The van der Waals surface area contributed by atoms with E-state index < -0.39 is 0 Å². The van der Waals surface area contributed by atoms with E-state index in [9.17, 15) is 0 Å². The van der Waals surface area contributed by atoms with Crippen LogP contribution in [-0.4, -0.2) is 34.9 Å². The lowest BCUT2D eigenvalue weighted by Crippen LogP contribution is -2.41. The topological polar surface area (TPSA) is 29.3 Å². The van der Waals surface area contributed by atoms with Gasteiger partial charge in [0.1, 0.15) is 0 Å². The number of hydrogen-bond donors (Lipinski definition) is 0. The largest absolute Gasteiger partial charge is 0.356 e. The molecule has 4 heteroatoms. The van der Waals surface area contributed by atoms with Crippen LogP contribution in [0, 0.1) is 0 Å². The summed E-state index contributed by atoms with van der Waals surface area (Å²) < 4.78 is 5.40. The number of aromatic nitrogens is 1. The van der Waals surface area contributed by atoms with Crippen LogP contribution >= 0.6 is 11.8 Å². The second-order valence-electron chi connectivity index (χ2n) is 5.86. The van der Waals surface area contributed by atoms with Gasteiger partial charge in [0.05, 0.1) is 6.20 Å². The van der Waals surface area contributed by atoms with Gasteiger partial charge in [0, 0.05) is 28.3 Å². The molecule has 3 nitrogen and oxygen atoms in total. The highest BCUT2D eigenvalue weighted by molar-refractivity contribution is 7.99. The molecule has 0 spiro atoms. The van der Waals surface area contributed by atoms with E-state index in [0.717, 1.165) is 12.2 Å². The van der Waals surface area contributed by atoms with E-state index in [4.69, 9.17) is 4.52 Å². The van der Waals surface area contributed by atoms with Crippen molar-refractivity contribution >= 4 is 11.8 Å². The van der Waals surface area contributed by atoms with Gasteiger partial charge in [-0.15, -0.1) is 11.8 Å². The Labute approximate surface area is 137 Å². The lowest BCUT2D eigenvalue weighted by atomic mass is 9.97. The van der Waals surface area contributed by atoms with Crippen LogP contribution in [0.15, 0.2) is 39.9 Å². The maximum Gasteiger partial charge on any atom is 0.167 e. The number of fused-ring (bicyclic) bond motifs is 1. The molecule has 2 heterocycles. The zero-order valence-corrected chi connectivity index (χ0v) is 14.2. The summed E-state index contributed by atoms with van der Waals surface area (Å²) in [6.07, 6.45) is 5.28. The highest BCUT2D eigenvalue weighted by Gasteiger charge is 2.26. The Morgan fingerprint density at radius 3 is 2.73 bits per heavy atom. The molecule has 3 rings (SSSR count). The number of benzene rings is 1. The average molecular weight is 316 g/mol. The Balaban J connectivity index is 1.88. The van der Waals surface area contributed by atoms with Crippen molar-refractivity contribution in [2.24, 2.45) is 0 Å². The van der Waals surface area contributed by atoms with Crippen molar-refractivity contribution in [2.45, 2.75) is 44.0 Å². The van der Waals surface area contributed by atoms with Crippen molar-refractivity contribution in [2.75, 3.05) is 18.8 Å². The first-order valence-corrected chi connectivity index (χ1v) is 9.21. The van der Waals surface area contributed by atoms with Crippen LogP contribution in [-0.2, 0) is 6.42 Å². The molecule has 0 bridgehead atoms. The van der Waals surface area contributed by atoms with Crippen LogP contribution in [0.4, 0.5) is 0 Å². The molecular formula is C18H24N2OS. The van der Waals surface area contributed by atoms with Crippen LogP contribution < -0.4 is 0 Å². The molecule has 0 N–H and O–H groups in total. The number of rotatable bonds is 6. The SMILES string of the molecule is CCCN(CCC)C1CSc2cccc(-c3ccno3)c2C1. The molecule has 0 amide bonds. The Bertz CT molecular complexity index is 591. The first-order chi connectivity index (χ1) is 10.8. The second kappa shape index (κ2) is 7.34.